The molecule has 1 aliphatic heterocycles. The van der Waals surface area contributed by atoms with Crippen LogP contribution in [0.3, 0.4) is 0 Å². The molecule has 1 aliphatic rings. The number of nitrogens with zero attached hydrogens (tertiary/aromatic N) is 1. The summed E-state index contributed by atoms with van der Waals surface area (Å²) in [7, 11) is 0. The lowest BCUT2D eigenvalue weighted by molar-refractivity contribution is 0.0459. The summed E-state index contributed by atoms with van der Waals surface area (Å²) in [6.07, 6.45) is 2.72. The maximum Gasteiger partial charge on any atom is 0.0608 e. The van der Waals surface area contributed by atoms with Crippen molar-refractivity contribution < 1.29 is 4.74 Å². The van der Waals surface area contributed by atoms with Crippen molar-refractivity contribution in [2.75, 3.05) is 24.6 Å². The molecular weight excluding hydrogens is 224 g/mol. The highest BCUT2D eigenvalue weighted by molar-refractivity contribution is 5.54. The van der Waals surface area contributed by atoms with Crippen molar-refractivity contribution >= 4 is 5.69 Å². The molecule has 0 spiro atoms. The second kappa shape index (κ2) is 6.21. The maximum atomic E-state index is 5.69. The Morgan fingerprint density at radius 2 is 2.06 bits per heavy atom. The van der Waals surface area contributed by atoms with Gasteiger partial charge in [-0.15, -0.1) is 0 Å². The van der Waals surface area contributed by atoms with Gasteiger partial charge in [-0.25, -0.2) is 0 Å². The van der Waals surface area contributed by atoms with Crippen molar-refractivity contribution in [2.24, 2.45) is 5.73 Å². The molecule has 0 amide bonds. The van der Waals surface area contributed by atoms with E-state index in [0.29, 0.717) is 12.6 Å². The number of anilines is 1. The fraction of sp³-hybridized carbons (Fsp3) is 0.600. The molecule has 0 radical (unpaired) electrons. The van der Waals surface area contributed by atoms with Gasteiger partial charge in [0.15, 0.2) is 0 Å². The topological polar surface area (TPSA) is 38.5 Å². The average Bonchev–Trinajstić information content (AvgIpc) is 2.40. The van der Waals surface area contributed by atoms with Crippen LogP contribution in [0.15, 0.2) is 18.2 Å². The van der Waals surface area contributed by atoms with E-state index < -0.39 is 0 Å². The predicted molar refractivity (Wildman–Crippen MR) is 75.9 cm³/mol. The van der Waals surface area contributed by atoms with Gasteiger partial charge in [-0.3, -0.25) is 0 Å². The van der Waals surface area contributed by atoms with Crippen LogP contribution >= 0.6 is 0 Å². The highest BCUT2D eigenvalue weighted by atomic mass is 16.5. The SMILES string of the molecule is CCOC1CCN(c2ccc(CN)cc2C)CC1. The Labute approximate surface area is 110 Å². The van der Waals surface area contributed by atoms with Crippen molar-refractivity contribution in [3.8, 4) is 0 Å². The molecule has 0 aromatic heterocycles. The molecule has 3 nitrogen and oxygen atoms in total. The van der Waals surface area contributed by atoms with Gasteiger partial charge in [0.25, 0.3) is 0 Å². The van der Waals surface area contributed by atoms with Gasteiger partial charge in [0, 0.05) is 31.9 Å². The van der Waals surface area contributed by atoms with E-state index in [9.17, 15) is 0 Å². The van der Waals surface area contributed by atoms with E-state index >= 15 is 0 Å². The monoisotopic (exact) mass is 248 g/mol. The lowest BCUT2D eigenvalue weighted by Gasteiger charge is -2.34. The van der Waals surface area contributed by atoms with E-state index in [-0.39, 0.29) is 0 Å². The van der Waals surface area contributed by atoms with E-state index in [2.05, 4.69) is 36.9 Å². The van der Waals surface area contributed by atoms with E-state index in [0.717, 1.165) is 32.5 Å². The molecule has 3 heteroatoms. The zero-order valence-electron chi connectivity index (χ0n) is 11.5. The van der Waals surface area contributed by atoms with Crippen molar-refractivity contribution in [2.45, 2.75) is 39.3 Å². The molecule has 0 aliphatic carbocycles. The van der Waals surface area contributed by atoms with E-state index in [1.165, 1.54) is 16.8 Å². The second-order valence-corrected chi connectivity index (χ2v) is 4.97. The van der Waals surface area contributed by atoms with Gasteiger partial charge < -0.3 is 15.4 Å². The van der Waals surface area contributed by atoms with Crippen LogP contribution in [-0.4, -0.2) is 25.8 Å². The van der Waals surface area contributed by atoms with Crippen LogP contribution in [0, 0.1) is 6.92 Å². The summed E-state index contributed by atoms with van der Waals surface area (Å²) in [6.45, 7) is 7.87. The number of nitrogens with two attached hydrogens (primary N) is 1. The Morgan fingerprint density at radius 3 is 2.61 bits per heavy atom. The fourth-order valence-electron chi connectivity index (χ4n) is 2.70. The molecule has 1 saturated heterocycles. The smallest absolute Gasteiger partial charge is 0.0608 e. The third kappa shape index (κ3) is 3.03. The van der Waals surface area contributed by atoms with Crippen molar-refractivity contribution in [1.29, 1.82) is 0 Å². The van der Waals surface area contributed by atoms with Crippen molar-refractivity contribution in [3.63, 3.8) is 0 Å². The Kier molecular flexibility index (Phi) is 4.61. The van der Waals surface area contributed by atoms with Gasteiger partial charge in [0.1, 0.15) is 0 Å². The molecule has 2 rings (SSSR count). The first-order chi connectivity index (χ1) is 8.74. The number of hydrogen-bond acceptors (Lipinski definition) is 3. The number of rotatable bonds is 4. The number of ether oxygens (including phenoxy) is 1. The average molecular weight is 248 g/mol. The summed E-state index contributed by atoms with van der Waals surface area (Å²) in [5.74, 6) is 0. The number of hydrogen-bond donors (Lipinski definition) is 1. The third-order valence-corrected chi connectivity index (χ3v) is 3.68. The van der Waals surface area contributed by atoms with Crippen molar-refractivity contribution in [3.05, 3.63) is 29.3 Å². The minimum absolute atomic E-state index is 0.454. The summed E-state index contributed by atoms with van der Waals surface area (Å²) in [5, 5.41) is 0. The molecule has 0 saturated carbocycles. The normalized spacial score (nSPS) is 17.2. The molecule has 1 aromatic rings. The summed E-state index contributed by atoms with van der Waals surface area (Å²) >= 11 is 0. The highest BCUT2D eigenvalue weighted by Gasteiger charge is 2.20. The minimum atomic E-state index is 0.454. The highest BCUT2D eigenvalue weighted by Crippen LogP contribution is 2.25. The van der Waals surface area contributed by atoms with Crippen LogP contribution in [0.25, 0.3) is 0 Å². The van der Waals surface area contributed by atoms with Crippen LogP contribution < -0.4 is 10.6 Å². The second-order valence-electron chi connectivity index (χ2n) is 4.97. The first-order valence-electron chi connectivity index (χ1n) is 6.90. The van der Waals surface area contributed by atoms with Crippen LogP contribution in [-0.2, 0) is 11.3 Å². The lowest BCUT2D eigenvalue weighted by Crippen LogP contribution is -2.37. The Bertz CT molecular complexity index is 384. The van der Waals surface area contributed by atoms with E-state index in [1.54, 1.807) is 0 Å². The summed E-state index contributed by atoms with van der Waals surface area (Å²) in [4.78, 5) is 2.46. The molecule has 0 bridgehead atoms. The largest absolute Gasteiger partial charge is 0.378 e. The number of piperidine rings is 1. The van der Waals surface area contributed by atoms with Crippen LogP contribution in [0.5, 0.6) is 0 Å². The van der Waals surface area contributed by atoms with Gasteiger partial charge in [-0.1, -0.05) is 12.1 Å². The molecule has 0 atom stereocenters. The molecule has 1 aromatic carbocycles. The van der Waals surface area contributed by atoms with Crippen LogP contribution in [0.2, 0.25) is 0 Å². The van der Waals surface area contributed by atoms with E-state index in [1.807, 2.05) is 0 Å². The Morgan fingerprint density at radius 1 is 1.33 bits per heavy atom. The first kappa shape index (κ1) is 13.4. The molecule has 0 unspecified atom stereocenters. The molecule has 100 valence electrons. The molecular formula is C15H24N2O. The number of aryl methyl sites for hydroxylation is 1. The van der Waals surface area contributed by atoms with Gasteiger partial charge in [-0.05, 0) is 43.9 Å². The predicted octanol–water partition coefficient (Wildman–Crippen LogP) is 2.46. The van der Waals surface area contributed by atoms with Crippen LogP contribution in [0.4, 0.5) is 5.69 Å². The molecule has 1 fully saturated rings. The van der Waals surface area contributed by atoms with Crippen LogP contribution in [0.1, 0.15) is 30.9 Å². The minimum Gasteiger partial charge on any atom is -0.378 e. The molecule has 1 heterocycles. The van der Waals surface area contributed by atoms with Gasteiger partial charge in [0.2, 0.25) is 0 Å². The third-order valence-electron chi connectivity index (χ3n) is 3.68. The number of benzene rings is 1. The quantitative estimate of drug-likeness (QED) is 0.889. The zero-order chi connectivity index (χ0) is 13.0. The molecule has 2 N–H and O–H groups in total. The van der Waals surface area contributed by atoms with Crippen molar-refractivity contribution in [1.82, 2.24) is 0 Å². The Hall–Kier alpha value is -1.06. The van der Waals surface area contributed by atoms with Gasteiger partial charge in [0.05, 0.1) is 6.10 Å². The summed E-state index contributed by atoms with van der Waals surface area (Å²) in [6, 6.07) is 6.54. The first-order valence-corrected chi connectivity index (χ1v) is 6.90. The summed E-state index contributed by atoms with van der Waals surface area (Å²) < 4.78 is 5.69. The molecule has 18 heavy (non-hydrogen) atoms. The summed E-state index contributed by atoms with van der Waals surface area (Å²) in [5.41, 5.74) is 9.55. The lowest BCUT2D eigenvalue weighted by atomic mass is 10.0. The standard InChI is InChI=1S/C15H24N2O/c1-3-18-14-6-8-17(9-7-14)15-5-4-13(11-16)10-12(15)2/h4-5,10,14H,3,6-9,11,16H2,1-2H3. The van der Waals surface area contributed by atoms with Gasteiger partial charge >= 0.3 is 0 Å². The van der Waals surface area contributed by atoms with Gasteiger partial charge in [-0.2, -0.15) is 0 Å². The van der Waals surface area contributed by atoms with E-state index in [4.69, 9.17) is 10.5 Å². The maximum absolute atomic E-state index is 5.69. The Balaban J connectivity index is 2.01. The fourth-order valence-corrected chi connectivity index (χ4v) is 2.70. The zero-order valence-corrected chi connectivity index (χ0v) is 11.5.